The van der Waals surface area contributed by atoms with Gasteiger partial charge in [-0.05, 0) is 73.2 Å². The molecule has 1 aromatic rings. The SMILES string of the molecule is Cc1c(N=C=S)c(C)c(SC#N)c(C)c1SC#N. The van der Waals surface area contributed by atoms with Gasteiger partial charge in [-0.1, -0.05) is 0 Å². The standard InChI is InChI=1S/C12H9N3S3/c1-7-10(15-6-16)8(2)12(18-5-14)9(3)11(7)17-4-13/h1-3H3. The van der Waals surface area contributed by atoms with Gasteiger partial charge < -0.3 is 0 Å². The van der Waals surface area contributed by atoms with Crippen molar-refractivity contribution in [2.24, 2.45) is 4.99 Å². The number of isothiocyanates is 1. The summed E-state index contributed by atoms with van der Waals surface area (Å²) in [7, 11) is 0. The molecule has 0 spiro atoms. The molecule has 0 amide bonds. The molecule has 0 saturated carbocycles. The predicted molar refractivity (Wildman–Crippen MR) is 78.3 cm³/mol. The van der Waals surface area contributed by atoms with Crippen LogP contribution in [-0.2, 0) is 0 Å². The minimum atomic E-state index is 0.700. The topological polar surface area (TPSA) is 59.9 Å². The summed E-state index contributed by atoms with van der Waals surface area (Å²) in [5.41, 5.74) is 3.44. The predicted octanol–water partition coefficient (Wildman–Crippen LogP) is 4.49. The van der Waals surface area contributed by atoms with E-state index in [1.807, 2.05) is 20.8 Å². The Balaban J connectivity index is 3.71. The molecule has 0 aliphatic rings. The highest BCUT2D eigenvalue weighted by Gasteiger charge is 2.17. The Hall–Kier alpha value is -1.30. The number of rotatable bonds is 3. The van der Waals surface area contributed by atoms with Crippen molar-refractivity contribution in [3.05, 3.63) is 16.7 Å². The first-order valence-electron chi connectivity index (χ1n) is 4.92. The third-order valence-electron chi connectivity index (χ3n) is 2.53. The molecular weight excluding hydrogens is 282 g/mol. The molecular formula is C12H9N3S3. The highest BCUT2D eigenvalue weighted by Crippen LogP contribution is 2.41. The van der Waals surface area contributed by atoms with Gasteiger partial charge in [0.1, 0.15) is 10.8 Å². The Morgan fingerprint density at radius 2 is 1.39 bits per heavy atom. The number of nitriles is 2. The van der Waals surface area contributed by atoms with E-state index in [1.165, 1.54) is 0 Å². The van der Waals surface area contributed by atoms with Gasteiger partial charge in [-0.2, -0.15) is 15.5 Å². The van der Waals surface area contributed by atoms with Crippen LogP contribution < -0.4 is 0 Å². The Morgan fingerprint density at radius 1 is 0.944 bits per heavy atom. The van der Waals surface area contributed by atoms with Crippen LogP contribution in [-0.4, -0.2) is 5.16 Å². The Labute approximate surface area is 120 Å². The van der Waals surface area contributed by atoms with Crippen LogP contribution in [0.1, 0.15) is 16.7 Å². The van der Waals surface area contributed by atoms with Gasteiger partial charge in [0, 0.05) is 9.79 Å². The number of thioether (sulfide) groups is 2. The summed E-state index contributed by atoms with van der Waals surface area (Å²) in [5, 5.41) is 24.2. The van der Waals surface area contributed by atoms with Crippen LogP contribution in [0.3, 0.4) is 0 Å². The van der Waals surface area contributed by atoms with E-state index in [-0.39, 0.29) is 0 Å². The Kier molecular flexibility index (Phi) is 5.40. The summed E-state index contributed by atoms with van der Waals surface area (Å²) in [6.07, 6.45) is 0. The van der Waals surface area contributed by atoms with E-state index in [2.05, 4.69) is 33.2 Å². The lowest BCUT2D eigenvalue weighted by Gasteiger charge is -2.15. The molecule has 0 fully saturated rings. The maximum Gasteiger partial charge on any atom is 0.138 e. The second-order valence-electron chi connectivity index (χ2n) is 3.47. The Bertz CT molecular complexity index is 574. The van der Waals surface area contributed by atoms with Crippen LogP contribution >= 0.6 is 35.7 Å². The highest BCUT2D eigenvalue weighted by molar-refractivity contribution is 8.04. The van der Waals surface area contributed by atoms with Crippen LogP contribution in [0.2, 0.25) is 0 Å². The molecule has 0 atom stereocenters. The highest BCUT2D eigenvalue weighted by atomic mass is 32.2. The van der Waals surface area contributed by atoms with Crippen LogP contribution in [0, 0.1) is 42.1 Å². The van der Waals surface area contributed by atoms with Crippen molar-refractivity contribution in [3.63, 3.8) is 0 Å². The number of hydrogen-bond acceptors (Lipinski definition) is 6. The summed E-state index contributed by atoms with van der Waals surface area (Å²) in [5.74, 6) is 0. The van der Waals surface area contributed by atoms with Gasteiger partial charge in [0.15, 0.2) is 0 Å². The average Bonchev–Trinajstić information content (AvgIpc) is 2.35. The molecule has 0 aliphatic carbocycles. The summed E-state index contributed by atoms with van der Waals surface area (Å²) in [4.78, 5) is 5.73. The lowest BCUT2D eigenvalue weighted by atomic mass is 10.0. The maximum absolute atomic E-state index is 8.85. The molecule has 18 heavy (non-hydrogen) atoms. The second-order valence-corrected chi connectivity index (χ2v) is 5.24. The van der Waals surface area contributed by atoms with Crippen molar-refractivity contribution in [1.29, 1.82) is 10.5 Å². The number of thiocarbonyl (C=S) groups is 1. The minimum absolute atomic E-state index is 0.700. The third-order valence-corrected chi connectivity index (χ3v) is 4.43. The second kappa shape index (κ2) is 6.58. The first-order valence-corrected chi connectivity index (χ1v) is 6.96. The molecule has 0 radical (unpaired) electrons. The van der Waals surface area contributed by atoms with Crippen LogP contribution in [0.5, 0.6) is 0 Å². The number of aliphatic imine (C=N–C) groups is 1. The maximum atomic E-state index is 8.85. The molecule has 90 valence electrons. The molecule has 6 heteroatoms. The van der Waals surface area contributed by atoms with Crippen molar-refractivity contribution in [1.82, 2.24) is 0 Å². The largest absolute Gasteiger partial charge is 0.194 e. The number of thiocyanates is 2. The molecule has 0 N–H and O–H groups in total. The Morgan fingerprint density at radius 3 is 1.72 bits per heavy atom. The van der Waals surface area contributed by atoms with E-state index in [9.17, 15) is 0 Å². The molecule has 1 rings (SSSR count). The number of nitrogens with zero attached hydrogens (tertiary/aromatic N) is 3. The lowest BCUT2D eigenvalue weighted by molar-refractivity contribution is 1.09. The minimum Gasteiger partial charge on any atom is -0.194 e. The number of hydrogen-bond donors (Lipinski definition) is 0. The molecule has 0 aliphatic heterocycles. The van der Waals surface area contributed by atoms with E-state index in [0.29, 0.717) is 5.69 Å². The van der Waals surface area contributed by atoms with Gasteiger partial charge in [-0.3, -0.25) is 0 Å². The van der Waals surface area contributed by atoms with Gasteiger partial charge in [0.05, 0.1) is 10.8 Å². The fourth-order valence-electron chi connectivity index (χ4n) is 1.77. The molecule has 0 aromatic heterocycles. The van der Waals surface area contributed by atoms with E-state index < -0.39 is 0 Å². The van der Waals surface area contributed by atoms with E-state index in [1.54, 1.807) is 0 Å². The zero-order valence-electron chi connectivity index (χ0n) is 10.1. The van der Waals surface area contributed by atoms with Crippen molar-refractivity contribution < 1.29 is 0 Å². The van der Waals surface area contributed by atoms with Gasteiger partial charge >= 0.3 is 0 Å². The summed E-state index contributed by atoms with van der Waals surface area (Å²) in [6.45, 7) is 5.70. The van der Waals surface area contributed by atoms with E-state index in [4.69, 9.17) is 10.5 Å². The first kappa shape index (κ1) is 14.8. The van der Waals surface area contributed by atoms with Gasteiger partial charge in [-0.25, -0.2) is 0 Å². The molecule has 1 aromatic carbocycles. The van der Waals surface area contributed by atoms with E-state index >= 15 is 0 Å². The lowest BCUT2D eigenvalue weighted by Crippen LogP contribution is -1.93. The van der Waals surface area contributed by atoms with Gasteiger partial charge in [0.2, 0.25) is 0 Å². The summed E-state index contributed by atoms with van der Waals surface area (Å²) >= 11 is 6.80. The molecule has 0 bridgehead atoms. The van der Waals surface area contributed by atoms with Crippen LogP contribution in [0.4, 0.5) is 5.69 Å². The fraction of sp³-hybridized carbons (Fsp3) is 0.250. The smallest absolute Gasteiger partial charge is 0.138 e. The normalized spacial score (nSPS) is 9.17. The van der Waals surface area contributed by atoms with Crippen molar-refractivity contribution in [2.75, 3.05) is 0 Å². The van der Waals surface area contributed by atoms with Crippen molar-refractivity contribution in [2.45, 2.75) is 30.6 Å². The quantitative estimate of drug-likeness (QED) is 0.355. The van der Waals surface area contributed by atoms with Crippen LogP contribution in [0.25, 0.3) is 0 Å². The molecule has 0 unspecified atom stereocenters. The monoisotopic (exact) mass is 291 g/mol. The van der Waals surface area contributed by atoms with Crippen LogP contribution in [0.15, 0.2) is 14.8 Å². The third kappa shape index (κ3) is 2.75. The average molecular weight is 291 g/mol. The van der Waals surface area contributed by atoms with Gasteiger partial charge in [0.25, 0.3) is 0 Å². The fourth-order valence-corrected chi connectivity index (χ4v) is 3.12. The van der Waals surface area contributed by atoms with E-state index in [0.717, 1.165) is 50.0 Å². The van der Waals surface area contributed by atoms with Crippen molar-refractivity contribution >= 4 is 46.6 Å². The summed E-state index contributed by atoms with van der Waals surface area (Å²) in [6, 6.07) is 0. The summed E-state index contributed by atoms with van der Waals surface area (Å²) < 4.78 is 0. The van der Waals surface area contributed by atoms with Gasteiger partial charge in [-0.15, -0.1) is 0 Å². The number of benzene rings is 1. The first-order chi connectivity index (χ1) is 8.58. The zero-order chi connectivity index (χ0) is 13.7. The molecule has 0 saturated heterocycles. The molecule has 3 nitrogen and oxygen atoms in total. The van der Waals surface area contributed by atoms with Crippen molar-refractivity contribution in [3.8, 4) is 10.8 Å². The zero-order valence-corrected chi connectivity index (χ0v) is 12.5. The molecule has 0 heterocycles.